The van der Waals surface area contributed by atoms with Crippen LogP contribution in [0.5, 0.6) is 0 Å². The summed E-state index contributed by atoms with van der Waals surface area (Å²) in [7, 11) is 4.20. The fourth-order valence-electron chi connectivity index (χ4n) is 2.58. The number of rotatable bonds is 4. The van der Waals surface area contributed by atoms with Gasteiger partial charge in [0.2, 0.25) is 0 Å². The molecule has 2 rings (SSSR count). The molecule has 0 aliphatic heterocycles. The normalized spacial score (nSPS) is 13.4. The summed E-state index contributed by atoms with van der Waals surface area (Å²) in [6.45, 7) is 4.51. The van der Waals surface area contributed by atoms with E-state index in [1.165, 1.54) is 21.5 Å². The molecule has 2 nitrogen and oxygen atoms in total. The van der Waals surface area contributed by atoms with Crippen LogP contribution in [0.2, 0.25) is 0 Å². The fraction of sp³-hybridized carbons (Fsp3) is 0.467. The van der Waals surface area contributed by atoms with Crippen molar-refractivity contribution < 1.29 is 0 Å². The Balaban J connectivity index is 2.56. The first kappa shape index (κ1) is 13.5. The summed E-state index contributed by atoms with van der Waals surface area (Å²) in [6.07, 6.45) is 2.12. The molecule has 3 heteroatoms. The van der Waals surface area contributed by atoms with Crippen LogP contribution in [0.4, 0.5) is 0 Å². The largest absolute Gasteiger partial charge is 0.346 e. The lowest BCUT2D eigenvalue weighted by molar-refractivity contribution is 0.425. The minimum absolute atomic E-state index is 0.403. The number of nitrogens with zero attached hydrogens (tertiary/aromatic N) is 1. The van der Waals surface area contributed by atoms with Gasteiger partial charge in [-0.2, -0.15) is 0 Å². The second-order valence-corrected chi connectivity index (χ2v) is 5.94. The summed E-state index contributed by atoms with van der Waals surface area (Å²) in [4.78, 5) is 1.32. The van der Waals surface area contributed by atoms with Crippen molar-refractivity contribution in [2.24, 2.45) is 13.0 Å². The van der Waals surface area contributed by atoms with Gasteiger partial charge in [-0.15, -0.1) is 11.8 Å². The maximum atomic E-state index is 3.42. The van der Waals surface area contributed by atoms with E-state index in [2.05, 4.69) is 61.3 Å². The van der Waals surface area contributed by atoms with Crippen LogP contribution in [-0.2, 0) is 7.05 Å². The van der Waals surface area contributed by atoms with Crippen molar-refractivity contribution in [2.75, 3.05) is 13.3 Å². The van der Waals surface area contributed by atoms with E-state index in [0.717, 1.165) is 0 Å². The van der Waals surface area contributed by atoms with E-state index in [1.54, 1.807) is 11.8 Å². The number of aromatic nitrogens is 1. The Hall–Kier alpha value is -0.930. The van der Waals surface area contributed by atoms with Gasteiger partial charge < -0.3 is 9.88 Å². The smallest absolute Gasteiger partial charge is 0.0496 e. The molecule has 1 N–H and O–H groups in total. The first-order valence-electron chi connectivity index (χ1n) is 6.39. The van der Waals surface area contributed by atoms with E-state index in [9.17, 15) is 0 Å². The lowest BCUT2D eigenvalue weighted by Crippen LogP contribution is -2.23. The zero-order chi connectivity index (χ0) is 13.3. The summed E-state index contributed by atoms with van der Waals surface area (Å²) < 4.78 is 2.32. The molecule has 1 aromatic carbocycles. The van der Waals surface area contributed by atoms with Crippen molar-refractivity contribution in [3.63, 3.8) is 0 Å². The first-order chi connectivity index (χ1) is 8.58. The van der Waals surface area contributed by atoms with E-state index in [4.69, 9.17) is 0 Å². The van der Waals surface area contributed by atoms with Gasteiger partial charge in [0.05, 0.1) is 0 Å². The monoisotopic (exact) mass is 262 g/mol. The quantitative estimate of drug-likeness (QED) is 0.844. The average molecular weight is 262 g/mol. The van der Waals surface area contributed by atoms with Crippen molar-refractivity contribution >= 4 is 22.7 Å². The Morgan fingerprint density at radius 1 is 1.22 bits per heavy atom. The van der Waals surface area contributed by atoms with Crippen LogP contribution in [0.3, 0.4) is 0 Å². The lowest BCUT2D eigenvalue weighted by atomic mass is 10.0. The van der Waals surface area contributed by atoms with E-state index in [1.807, 2.05) is 7.05 Å². The van der Waals surface area contributed by atoms with E-state index in [0.29, 0.717) is 12.0 Å². The lowest BCUT2D eigenvalue weighted by Gasteiger charge is -2.21. The van der Waals surface area contributed by atoms with Gasteiger partial charge >= 0.3 is 0 Å². The van der Waals surface area contributed by atoms with Crippen molar-refractivity contribution in [3.05, 3.63) is 30.0 Å². The van der Waals surface area contributed by atoms with Crippen LogP contribution in [0.15, 0.2) is 29.2 Å². The Bertz CT molecular complexity index is 543. The molecule has 0 spiro atoms. The van der Waals surface area contributed by atoms with Crippen molar-refractivity contribution in [2.45, 2.75) is 24.8 Å². The third kappa shape index (κ3) is 2.29. The van der Waals surface area contributed by atoms with Gasteiger partial charge in [-0.3, -0.25) is 0 Å². The number of benzene rings is 1. The molecule has 2 aromatic rings. The van der Waals surface area contributed by atoms with Gasteiger partial charge in [0, 0.05) is 29.2 Å². The number of nitrogens with one attached hydrogen (secondary N) is 1. The number of aryl methyl sites for hydroxylation is 1. The predicted molar refractivity (Wildman–Crippen MR) is 81.3 cm³/mol. The SMILES string of the molecule is CNC(c1cc2ccc(SC)cc2n1C)C(C)C. The van der Waals surface area contributed by atoms with Crippen molar-refractivity contribution in [1.29, 1.82) is 0 Å². The van der Waals surface area contributed by atoms with Crippen LogP contribution in [0.1, 0.15) is 25.6 Å². The highest BCUT2D eigenvalue weighted by Gasteiger charge is 2.18. The predicted octanol–water partition coefficient (Wildman–Crippen LogP) is 3.82. The standard InChI is InChI=1S/C15H22N2S/c1-10(2)15(16-3)14-8-11-6-7-12(18-5)9-13(11)17(14)4/h6-10,15-16H,1-5H3. The molecule has 0 aliphatic carbocycles. The second kappa shape index (κ2) is 5.37. The summed E-state index contributed by atoms with van der Waals surface area (Å²) in [6, 6.07) is 9.40. The molecule has 0 saturated carbocycles. The topological polar surface area (TPSA) is 17.0 Å². The van der Waals surface area contributed by atoms with Crippen LogP contribution in [-0.4, -0.2) is 17.9 Å². The van der Waals surface area contributed by atoms with E-state index in [-0.39, 0.29) is 0 Å². The van der Waals surface area contributed by atoms with Crippen LogP contribution >= 0.6 is 11.8 Å². The average Bonchev–Trinajstić information content (AvgIpc) is 2.67. The maximum absolute atomic E-state index is 3.42. The van der Waals surface area contributed by atoms with Crippen molar-refractivity contribution in [3.8, 4) is 0 Å². The zero-order valence-electron chi connectivity index (χ0n) is 11.8. The van der Waals surface area contributed by atoms with Gasteiger partial charge in [-0.05, 0) is 42.8 Å². The molecule has 0 fully saturated rings. The highest BCUT2D eigenvalue weighted by molar-refractivity contribution is 7.98. The fourth-order valence-corrected chi connectivity index (χ4v) is 3.01. The molecular weight excluding hydrogens is 240 g/mol. The Morgan fingerprint density at radius 2 is 1.94 bits per heavy atom. The van der Waals surface area contributed by atoms with Gasteiger partial charge in [-0.25, -0.2) is 0 Å². The van der Waals surface area contributed by atoms with E-state index < -0.39 is 0 Å². The number of hydrogen-bond donors (Lipinski definition) is 1. The first-order valence-corrected chi connectivity index (χ1v) is 7.61. The van der Waals surface area contributed by atoms with Gasteiger partial charge in [0.25, 0.3) is 0 Å². The molecule has 0 saturated heterocycles. The molecule has 0 amide bonds. The number of thioether (sulfide) groups is 1. The third-order valence-corrected chi connectivity index (χ3v) is 4.31. The number of fused-ring (bicyclic) bond motifs is 1. The van der Waals surface area contributed by atoms with E-state index >= 15 is 0 Å². The molecule has 18 heavy (non-hydrogen) atoms. The van der Waals surface area contributed by atoms with Crippen LogP contribution < -0.4 is 5.32 Å². The molecule has 1 atom stereocenters. The maximum Gasteiger partial charge on any atom is 0.0496 e. The molecule has 98 valence electrons. The van der Waals surface area contributed by atoms with Crippen LogP contribution in [0, 0.1) is 5.92 Å². The molecule has 0 bridgehead atoms. The molecule has 1 unspecified atom stereocenters. The molecule has 0 aliphatic rings. The van der Waals surface area contributed by atoms with Crippen molar-refractivity contribution in [1.82, 2.24) is 9.88 Å². The third-order valence-electron chi connectivity index (χ3n) is 3.59. The summed E-state index contributed by atoms with van der Waals surface area (Å²) in [5, 5.41) is 4.75. The summed E-state index contributed by atoms with van der Waals surface area (Å²) in [5.74, 6) is 0.582. The van der Waals surface area contributed by atoms with Gasteiger partial charge in [-0.1, -0.05) is 19.9 Å². The highest BCUT2D eigenvalue weighted by atomic mass is 32.2. The van der Waals surface area contributed by atoms with Gasteiger partial charge in [0.15, 0.2) is 0 Å². The summed E-state index contributed by atoms with van der Waals surface area (Å²) in [5.41, 5.74) is 2.68. The van der Waals surface area contributed by atoms with Gasteiger partial charge in [0.1, 0.15) is 0 Å². The molecule has 0 radical (unpaired) electrons. The highest BCUT2D eigenvalue weighted by Crippen LogP contribution is 2.29. The minimum atomic E-state index is 0.403. The van der Waals surface area contributed by atoms with Crippen LogP contribution in [0.25, 0.3) is 10.9 Å². The molecule has 1 heterocycles. The Morgan fingerprint density at radius 3 is 2.50 bits per heavy atom. The minimum Gasteiger partial charge on any atom is -0.346 e. The molecule has 1 aromatic heterocycles. The Labute approximate surface area is 114 Å². The summed E-state index contributed by atoms with van der Waals surface area (Å²) >= 11 is 1.79. The zero-order valence-corrected chi connectivity index (χ0v) is 12.6. The Kier molecular flexibility index (Phi) is 4.03. The molecular formula is C15H22N2S. The number of hydrogen-bond acceptors (Lipinski definition) is 2. The second-order valence-electron chi connectivity index (χ2n) is 5.06.